The summed E-state index contributed by atoms with van der Waals surface area (Å²) in [6.45, 7) is 1.00. The lowest BCUT2D eigenvalue weighted by atomic mass is 10.1. The van der Waals surface area contributed by atoms with Crippen molar-refractivity contribution in [3.63, 3.8) is 0 Å². The van der Waals surface area contributed by atoms with Crippen molar-refractivity contribution >= 4 is 0 Å². The molecule has 21 heavy (non-hydrogen) atoms. The second-order valence-electron chi connectivity index (χ2n) is 4.78. The summed E-state index contributed by atoms with van der Waals surface area (Å²) in [6.07, 6.45) is -3.34. The average Bonchev–Trinajstić information content (AvgIpc) is 2.45. The molecule has 0 aromatic carbocycles. The van der Waals surface area contributed by atoms with Crippen LogP contribution in [-0.2, 0) is 22.2 Å². The zero-order chi connectivity index (χ0) is 15.5. The van der Waals surface area contributed by atoms with Crippen molar-refractivity contribution in [2.45, 2.75) is 31.3 Å². The molecular weight excluding hydrogens is 292 g/mol. The number of pyridine rings is 1. The standard InChI is InChI=1S/C13H16F4N2O2/c1-20-12-2-3-21-7-11(12)19-6-10-9(14)4-8(5-18-10)13(15,16)17/h4-5,11-12,19H,2-3,6-7H2,1H3. The number of alkyl halides is 3. The molecule has 1 saturated heterocycles. The van der Waals surface area contributed by atoms with Crippen molar-refractivity contribution in [2.75, 3.05) is 20.3 Å². The third kappa shape index (κ3) is 4.12. The summed E-state index contributed by atoms with van der Waals surface area (Å²) in [7, 11) is 1.57. The molecule has 0 amide bonds. The molecule has 1 aliphatic rings. The average molecular weight is 308 g/mol. The van der Waals surface area contributed by atoms with Gasteiger partial charge in [0.05, 0.1) is 30.0 Å². The molecule has 1 aliphatic heterocycles. The van der Waals surface area contributed by atoms with Crippen LogP contribution in [-0.4, -0.2) is 37.5 Å². The summed E-state index contributed by atoms with van der Waals surface area (Å²) in [5.74, 6) is -0.983. The number of ether oxygens (including phenoxy) is 2. The number of hydrogen-bond acceptors (Lipinski definition) is 4. The molecule has 1 N–H and O–H groups in total. The fourth-order valence-electron chi connectivity index (χ4n) is 2.17. The normalized spacial score (nSPS) is 23.3. The maximum absolute atomic E-state index is 13.6. The van der Waals surface area contributed by atoms with Crippen LogP contribution in [0, 0.1) is 5.82 Å². The quantitative estimate of drug-likeness (QED) is 0.866. The van der Waals surface area contributed by atoms with Crippen LogP contribution >= 0.6 is 0 Å². The van der Waals surface area contributed by atoms with Gasteiger partial charge in [-0.2, -0.15) is 13.2 Å². The Morgan fingerprint density at radius 1 is 1.48 bits per heavy atom. The smallest absolute Gasteiger partial charge is 0.380 e. The van der Waals surface area contributed by atoms with E-state index in [2.05, 4.69) is 10.3 Å². The van der Waals surface area contributed by atoms with Crippen molar-refractivity contribution in [3.05, 3.63) is 29.3 Å². The lowest BCUT2D eigenvalue weighted by Gasteiger charge is -2.31. The van der Waals surface area contributed by atoms with Crippen LogP contribution in [0.2, 0.25) is 0 Å². The molecule has 0 spiro atoms. The molecule has 2 atom stereocenters. The minimum atomic E-state index is -4.60. The second kappa shape index (κ2) is 6.67. The predicted octanol–water partition coefficient (Wildman–Crippen LogP) is 2.13. The summed E-state index contributed by atoms with van der Waals surface area (Å²) in [4.78, 5) is 3.54. The van der Waals surface area contributed by atoms with E-state index in [4.69, 9.17) is 9.47 Å². The molecule has 1 fully saturated rings. The molecule has 4 nitrogen and oxygen atoms in total. The molecule has 1 aromatic rings. The number of aromatic nitrogens is 1. The summed E-state index contributed by atoms with van der Waals surface area (Å²) in [5, 5.41) is 3.00. The monoisotopic (exact) mass is 308 g/mol. The van der Waals surface area contributed by atoms with Gasteiger partial charge in [-0.25, -0.2) is 4.39 Å². The van der Waals surface area contributed by atoms with E-state index in [0.29, 0.717) is 31.9 Å². The number of nitrogens with zero attached hydrogens (tertiary/aromatic N) is 1. The molecule has 2 heterocycles. The van der Waals surface area contributed by atoms with Crippen LogP contribution < -0.4 is 5.32 Å². The Balaban J connectivity index is 2.00. The minimum Gasteiger partial charge on any atom is -0.380 e. The third-order valence-electron chi connectivity index (χ3n) is 3.37. The van der Waals surface area contributed by atoms with Crippen LogP contribution in [0.3, 0.4) is 0 Å². The van der Waals surface area contributed by atoms with E-state index < -0.39 is 17.6 Å². The Hall–Kier alpha value is -1.25. The van der Waals surface area contributed by atoms with Gasteiger partial charge in [-0.1, -0.05) is 0 Å². The van der Waals surface area contributed by atoms with E-state index in [1.807, 2.05) is 0 Å². The molecule has 2 unspecified atom stereocenters. The first kappa shape index (κ1) is 16.1. The lowest BCUT2D eigenvalue weighted by molar-refractivity contribution is -0.138. The van der Waals surface area contributed by atoms with E-state index in [1.54, 1.807) is 7.11 Å². The van der Waals surface area contributed by atoms with Crippen molar-refractivity contribution < 1.29 is 27.0 Å². The topological polar surface area (TPSA) is 43.4 Å². The fraction of sp³-hybridized carbons (Fsp3) is 0.615. The van der Waals surface area contributed by atoms with Crippen molar-refractivity contribution in [1.82, 2.24) is 10.3 Å². The van der Waals surface area contributed by atoms with Gasteiger partial charge in [-0.15, -0.1) is 0 Å². The summed E-state index contributed by atoms with van der Waals surface area (Å²) < 4.78 is 61.5. The zero-order valence-corrected chi connectivity index (χ0v) is 11.4. The van der Waals surface area contributed by atoms with Crippen LogP contribution in [0.4, 0.5) is 17.6 Å². The van der Waals surface area contributed by atoms with Crippen LogP contribution in [0.15, 0.2) is 12.3 Å². The first-order valence-electron chi connectivity index (χ1n) is 6.47. The van der Waals surface area contributed by atoms with Crippen molar-refractivity contribution in [2.24, 2.45) is 0 Å². The highest BCUT2D eigenvalue weighted by molar-refractivity contribution is 5.19. The first-order valence-corrected chi connectivity index (χ1v) is 6.47. The first-order chi connectivity index (χ1) is 9.91. The molecule has 1 aromatic heterocycles. The van der Waals surface area contributed by atoms with Gasteiger partial charge in [0.15, 0.2) is 0 Å². The Morgan fingerprint density at radius 3 is 2.86 bits per heavy atom. The van der Waals surface area contributed by atoms with Gasteiger partial charge in [0, 0.05) is 26.5 Å². The molecule has 0 radical (unpaired) electrons. The van der Waals surface area contributed by atoms with Gasteiger partial charge < -0.3 is 14.8 Å². The van der Waals surface area contributed by atoms with Crippen LogP contribution in [0.25, 0.3) is 0 Å². The zero-order valence-electron chi connectivity index (χ0n) is 11.4. The molecule has 2 rings (SSSR count). The molecule has 0 bridgehead atoms. The van der Waals surface area contributed by atoms with E-state index in [0.717, 1.165) is 0 Å². The number of halogens is 4. The maximum atomic E-state index is 13.6. The van der Waals surface area contributed by atoms with E-state index in [-0.39, 0.29) is 24.4 Å². The highest BCUT2D eigenvalue weighted by Gasteiger charge is 2.32. The highest BCUT2D eigenvalue weighted by Crippen LogP contribution is 2.29. The number of methoxy groups -OCH3 is 1. The fourth-order valence-corrected chi connectivity index (χ4v) is 2.17. The Kier molecular flexibility index (Phi) is 5.13. The summed E-state index contributed by atoms with van der Waals surface area (Å²) >= 11 is 0. The number of hydrogen-bond donors (Lipinski definition) is 1. The van der Waals surface area contributed by atoms with Crippen LogP contribution in [0.1, 0.15) is 17.7 Å². The third-order valence-corrected chi connectivity index (χ3v) is 3.37. The van der Waals surface area contributed by atoms with Crippen LogP contribution in [0.5, 0.6) is 0 Å². The largest absolute Gasteiger partial charge is 0.417 e. The van der Waals surface area contributed by atoms with E-state index in [9.17, 15) is 17.6 Å². The molecule has 118 valence electrons. The second-order valence-corrected chi connectivity index (χ2v) is 4.78. The lowest BCUT2D eigenvalue weighted by Crippen LogP contribution is -2.47. The SMILES string of the molecule is COC1CCOCC1NCc1ncc(C(F)(F)F)cc1F. The van der Waals surface area contributed by atoms with E-state index in [1.165, 1.54) is 0 Å². The summed E-state index contributed by atoms with van der Waals surface area (Å²) in [6, 6.07) is 0.307. The summed E-state index contributed by atoms with van der Waals surface area (Å²) in [5.41, 5.74) is -1.16. The maximum Gasteiger partial charge on any atom is 0.417 e. The molecule has 8 heteroatoms. The molecule has 0 saturated carbocycles. The van der Waals surface area contributed by atoms with Gasteiger partial charge in [0.1, 0.15) is 5.82 Å². The molecular formula is C13H16F4N2O2. The van der Waals surface area contributed by atoms with Crippen molar-refractivity contribution in [1.29, 1.82) is 0 Å². The minimum absolute atomic E-state index is 0.0118. The Labute approximate surface area is 119 Å². The van der Waals surface area contributed by atoms with Crippen molar-refractivity contribution in [3.8, 4) is 0 Å². The van der Waals surface area contributed by atoms with Gasteiger partial charge in [0.25, 0.3) is 0 Å². The predicted molar refractivity (Wildman–Crippen MR) is 66.1 cm³/mol. The van der Waals surface area contributed by atoms with Gasteiger partial charge in [0.2, 0.25) is 0 Å². The van der Waals surface area contributed by atoms with Gasteiger partial charge >= 0.3 is 6.18 Å². The Bertz CT molecular complexity index is 482. The Morgan fingerprint density at radius 2 is 2.24 bits per heavy atom. The number of rotatable bonds is 4. The van der Waals surface area contributed by atoms with Gasteiger partial charge in [-0.3, -0.25) is 4.98 Å². The highest BCUT2D eigenvalue weighted by atomic mass is 19.4. The van der Waals surface area contributed by atoms with Gasteiger partial charge in [-0.05, 0) is 12.5 Å². The molecule has 0 aliphatic carbocycles. The number of nitrogens with one attached hydrogen (secondary N) is 1. The van der Waals surface area contributed by atoms with E-state index >= 15 is 0 Å².